The van der Waals surface area contributed by atoms with Gasteiger partial charge >= 0.3 is 0 Å². The zero-order valence-electron chi connectivity index (χ0n) is 13.1. The van der Waals surface area contributed by atoms with Crippen molar-refractivity contribution >= 4 is 33.7 Å². The second kappa shape index (κ2) is 5.41. The van der Waals surface area contributed by atoms with E-state index in [-0.39, 0.29) is 29.7 Å². The Bertz CT molecular complexity index is 843. The quantitative estimate of drug-likeness (QED) is 0.866. The summed E-state index contributed by atoms with van der Waals surface area (Å²) in [6.45, 7) is 0.590. The molecule has 1 fully saturated rings. The molecule has 7 nitrogen and oxygen atoms in total. The maximum atomic E-state index is 12.7. The van der Waals surface area contributed by atoms with Gasteiger partial charge in [-0.3, -0.25) is 19.6 Å². The molecule has 2 amide bonds. The smallest absolute Gasteiger partial charge is 0.254 e. The van der Waals surface area contributed by atoms with Gasteiger partial charge in [0.05, 0.1) is 0 Å². The number of benzene rings is 1. The fraction of sp³-hybridized carbons (Fsp3) is 0.375. The Morgan fingerprint density at radius 1 is 1.42 bits per heavy atom. The van der Waals surface area contributed by atoms with Crippen molar-refractivity contribution in [3.63, 3.8) is 0 Å². The predicted octanol–water partition coefficient (Wildman–Crippen LogP) is 1.70. The number of rotatable bonds is 3. The average Bonchev–Trinajstić information content (AvgIpc) is 3.19. The molecule has 1 spiro atoms. The second-order valence-corrected chi connectivity index (χ2v) is 7.34. The van der Waals surface area contributed by atoms with Crippen molar-refractivity contribution in [1.82, 2.24) is 19.7 Å². The molecular weight excluding hydrogens is 374 g/mol. The third-order valence-corrected chi connectivity index (χ3v) is 5.10. The van der Waals surface area contributed by atoms with Gasteiger partial charge in [0.25, 0.3) is 5.91 Å². The third kappa shape index (κ3) is 2.60. The highest BCUT2D eigenvalue weighted by Gasteiger charge is 2.51. The summed E-state index contributed by atoms with van der Waals surface area (Å²) in [6, 6.07) is 5.75. The van der Waals surface area contributed by atoms with Crippen molar-refractivity contribution in [2.24, 2.45) is 7.05 Å². The van der Waals surface area contributed by atoms with Crippen LogP contribution in [-0.2, 0) is 17.3 Å². The van der Waals surface area contributed by atoms with Crippen molar-refractivity contribution in [2.75, 3.05) is 18.4 Å². The summed E-state index contributed by atoms with van der Waals surface area (Å²) in [5.74, 6) is -0.137. The molecule has 0 unspecified atom stereocenters. The highest BCUT2D eigenvalue weighted by atomic mass is 79.9. The lowest BCUT2D eigenvalue weighted by molar-refractivity contribution is -0.117. The highest BCUT2D eigenvalue weighted by molar-refractivity contribution is 9.10. The minimum Gasteiger partial charge on any atom is -0.328 e. The number of halogens is 1. The molecule has 2 aliphatic rings. The van der Waals surface area contributed by atoms with E-state index in [1.54, 1.807) is 11.9 Å². The maximum Gasteiger partial charge on any atom is 0.254 e. The van der Waals surface area contributed by atoms with Crippen LogP contribution >= 0.6 is 15.9 Å². The van der Waals surface area contributed by atoms with Crippen LogP contribution in [0.4, 0.5) is 5.95 Å². The first kappa shape index (κ1) is 15.3. The standard InChI is InChI=1S/C16H16BrN5O2/c1-21-9-18-15(20-21)19-13(23)7-22-8-16(4-5-16)12-6-10(17)2-3-11(12)14(22)24/h2-3,6,9H,4-5,7-8H2,1H3,(H,19,20,23). The van der Waals surface area contributed by atoms with Crippen LogP contribution in [0.5, 0.6) is 0 Å². The summed E-state index contributed by atoms with van der Waals surface area (Å²) in [7, 11) is 1.72. The predicted molar refractivity (Wildman–Crippen MR) is 90.6 cm³/mol. The Morgan fingerprint density at radius 3 is 2.88 bits per heavy atom. The lowest BCUT2D eigenvalue weighted by atomic mass is 9.86. The Morgan fingerprint density at radius 2 is 2.21 bits per heavy atom. The van der Waals surface area contributed by atoms with E-state index in [2.05, 4.69) is 31.3 Å². The zero-order chi connectivity index (χ0) is 16.9. The van der Waals surface area contributed by atoms with Crippen molar-refractivity contribution in [1.29, 1.82) is 0 Å². The second-order valence-electron chi connectivity index (χ2n) is 6.42. The number of aryl methyl sites for hydroxylation is 1. The van der Waals surface area contributed by atoms with Crippen molar-refractivity contribution in [3.05, 3.63) is 40.1 Å². The Kier molecular flexibility index (Phi) is 3.45. The molecule has 1 aromatic heterocycles. The van der Waals surface area contributed by atoms with Gasteiger partial charge in [-0.15, -0.1) is 5.10 Å². The monoisotopic (exact) mass is 389 g/mol. The highest BCUT2D eigenvalue weighted by Crippen LogP contribution is 2.52. The van der Waals surface area contributed by atoms with Crippen LogP contribution in [-0.4, -0.2) is 44.6 Å². The van der Waals surface area contributed by atoms with E-state index in [1.165, 1.54) is 11.0 Å². The largest absolute Gasteiger partial charge is 0.328 e. The molecule has 124 valence electrons. The van der Waals surface area contributed by atoms with Crippen LogP contribution in [0.1, 0.15) is 28.8 Å². The molecule has 2 heterocycles. The lowest BCUT2D eigenvalue weighted by Crippen LogP contribution is -2.46. The van der Waals surface area contributed by atoms with Crippen LogP contribution < -0.4 is 5.32 Å². The number of nitrogens with zero attached hydrogens (tertiary/aromatic N) is 4. The number of hydrogen-bond acceptors (Lipinski definition) is 4. The first-order valence-corrected chi connectivity index (χ1v) is 8.51. The van der Waals surface area contributed by atoms with Crippen LogP contribution in [0.3, 0.4) is 0 Å². The average molecular weight is 390 g/mol. The molecule has 1 aromatic carbocycles. The summed E-state index contributed by atoms with van der Waals surface area (Å²) in [4.78, 5) is 30.6. The third-order valence-electron chi connectivity index (χ3n) is 4.60. The maximum absolute atomic E-state index is 12.7. The van der Waals surface area contributed by atoms with Gasteiger partial charge < -0.3 is 4.90 Å². The minimum absolute atomic E-state index is 0.00828. The molecule has 1 N–H and O–H groups in total. The SMILES string of the molecule is Cn1cnc(NC(=O)CN2CC3(CC3)c3cc(Br)ccc3C2=O)n1. The van der Waals surface area contributed by atoms with Crippen molar-refractivity contribution in [3.8, 4) is 0 Å². The molecule has 0 radical (unpaired) electrons. The van der Waals surface area contributed by atoms with Crippen LogP contribution in [0.2, 0.25) is 0 Å². The van der Waals surface area contributed by atoms with Gasteiger partial charge in [-0.25, -0.2) is 4.98 Å². The van der Waals surface area contributed by atoms with E-state index in [0.717, 1.165) is 22.9 Å². The summed E-state index contributed by atoms with van der Waals surface area (Å²) in [6.07, 6.45) is 3.60. The molecular formula is C16H16BrN5O2. The first-order chi connectivity index (χ1) is 11.5. The Balaban J connectivity index is 1.54. The van der Waals surface area contributed by atoms with Crippen LogP contribution in [0, 0.1) is 0 Å². The molecule has 0 atom stereocenters. The summed E-state index contributed by atoms with van der Waals surface area (Å²) >= 11 is 3.48. The number of amides is 2. The molecule has 4 rings (SSSR count). The van der Waals surface area contributed by atoms with Gasteiger partial charge in [-0.2, -0.15) is 0 Å². The normalized spacial score (nSPS) is 17.8. The number of aromatic nitrogens is 3. The molecule has 8 heteroatoms. The zero-order valence-corrected chi connectivity index (χ0v) is 14.7. The molecule has 1 aliphatic heterocycles. The van der Waals surface area contributed by atoms with Crippen LogP contribution in [0.25, 0.3) is 0 Å². The van der Waals surface area contributed by atoms with Gasteiger partial charge in [0.2, 0.25) is 11.9 Å². The number of carbonyl (C=O) groups excluding carboxylic acids is 2. The van der Waals surface area contributed by atoms with Gasteiger partial charge in [-0.05, 0) is 36.6 Å². The fourth-order valence-electron chi connectivity index (χ4n) is 3.27. The molecule has 1 aliphatic carbocycles. The van der Waals surface area contributed by atoms with Gasteiger partial charge in [-0.1, -0.05) is 15.9 Å². The summed E-state index contributed by atoms with van der Waals surface area (Å²) in [5, 5.41) is 6.64. The van der Waals surface area contributed by atoms with E-state index in [1.807, 2.05) is 18.2 Å². The van der Waals surface area contributed by atoms with Crippen molar-refractivity contribution in [2.45, 2.75) is 18.3 Å². The Hall–Kier alpha value is -2.22. The molecule has 2 aromatic rings. The first-order valence-electron chi connectivity index (χ1n) is 7.72. The molecule has 0 bridgehead atoms. The minimum atomic E-state index is -0.286. The summed E-state index contributed by atoms with van der Waals surface area (Å²) < 4.78 is 2.49. The van der Waals surface area contributed by atoms with E-state index < -0.39 is 0 Å². The molecule has 0 saturated heterocycles. The van der Waals surface area contributed by atoms with Crippen LogP contribution in [0.15, 0.2) is 29.0 Å². The molecule has 1 saturated carbocycles. The summed E-state index contributed by atoms with van der Waals surface area (Å²) in [5.41, 5.74) is 1.81. The Labute approximate surface area is 147 Å². The number of anilines is 1. The fourth-order valence-corrected chi connectivity index (χ4v) is 3.64. The van der Waals surface area contributed by atoms with E-state index >= 15 is 0 Å². The van der Waals surface area contributed by atoms with Crippen molar-refractivity contribution < 1.29 is 9.59 Å². The number of fused-ring (bicyclic) bond motifs is 2. The van der Waals surface area contributed by atoms with Gasteiger partial charge in [0, 0.05) is 29.0 Å². The van der Waals surface area contributed by atoms with E-state index in [0.29, 0.717) is 12.1 Å². The molecule has 24 heavy (non-hydrogen) atoms. The number of carbonyl (C=O) groups is 2. The van der Waals surface area contributed by atoms with Gasteiger partial charge in [0.1, 0.15) is 12.9 Å². The van der Waals surface area contributed by atoms with E-state index in [4.69, 9.17) is 0 Å². The lowest BCUT2D eigenvalue weighted by Gasteiger charge is -2.34. The topological polar surface area (TPSA) is 80.1 Å². The van der Waals surface area contributed by atoms with E-state index in [9.17, 15) is 9.59 Å². The van der Waals surface area contributed by atoms with Gasteiger partial charge in [0.15, 0.2) is 0 Å². The number of hydrogen-bond donors (Lipinski definition) is 1. The number of nitrogens with one attached hydrogen (secondary N) is 1.